The monoisotopic (exact) mass is 316 g/mol. The zero-order valence-electron chi connectivity index (χ0n) is 13.5. The van der Waals surface area contributed by atoms with Crippen LogP contribution in [0.15, 0.2) is 60.7 Å². The lowest BCUT2D eigenvalue weighted by atomic mass is 9.88. The van der Waals surface area contributed by atoms with Crippen LogP contribution in [0.25, 0.3) is 0 Å². The Morgan fingerprint density at radius 1 is 0.955 bits per heavy atom. The van der Waals surface area contributed by atoms with E-state index in [1.54, 1.807) is 0 Å². The van der Waals surface area contributed by atoms with Crippen LogP contribution in [0.5, 0.6) is 0 Å². The molecule has 0 amide bonds. The molecule has 0 fully saturated rings. The van der Waals surface area contributed by atoms with E-state index in [-0.39, 0.29) is 11.5 Å². The number of nitrogens with two attached hydrogens (primary N) is 1. The van der Waals surface area contributed by atoms with Crippen molar-refractivity contribution in [1.82, 2.24) is 5.09 Å². The second-order valence-corrected chi connectivity index (χ2v) is 9.18. The van der Waals surface area contributed by atoms with Gasteiger partial charge in [-0.15, -0.1) is 0 Å². The van der Waals surface area contributed by atoms with E-state index < -0.39 is 7.29 Å². The molecule has 0 aliphatic carbocycles. The summed E-state index contributed by atoms with van der Waals surface area (Å²) in [5.41, 5.74) is 6.19. The first-order valence-corrected chi connectivity index (χ1v) is 9.27. The van der Waals surface area contributed by atoms with Gasteiger partial charge >= 0.3 is 0 Å². The summed E-state index contributed by atoms with van der Waals surface area (Å²) in [6, 6.07) is 19.1. The Bertz CT molecular complexity index is 592. The topological polar surface area (TPSA) is 55.1 Å². The molecule has 2 aromatic carbocycles. The highest BCUT2D eigenvalue weighted by atomic mass is 31.2. The molecule has 1 atom stereocenters. The summed E-state index contributed by atoms with van der Waals surface area (Å²) in [7, 11) is -2.88. The molecule has 0 saturated carbocycles. The van der Waals surface area contributed by atoms with Crippen molar-refractivity contribution >= 4 is 17.9 Å². The van der Waals surface area contributed by atoms with Crippen molar-refractivity contribution in [3.63, 3.8) is 0 Å². The standard InChI is InChI=1S/C18H25N2OP/c1-18(2,3)17(19)14-20-22(21,15-10-6-4-7-11-15)16-12-8-5-9-13-16/h4-13,17H,14,19H2,1-3H3,(H,20,21)/t17-/m1/s1. The summed E-state index contributed by atoms with van der Waals surface area (Å²) in [5.74, 6) is 0. The highest BCUT2D eigenvalue weighted by Crippen LogP contribution is 2.38. The molecule has 118 valence electrons. The van der Waals surface area contributed by atoms with Gasteiger partial charge in [-0.25, -0.2) is 0 Å². The summed E-state index contributed by atoms with van der Waals surface area (Å²) in [4.78, 5) is 0. The summed E-state index contributed by atoms with van der Waals surface area (Å²) >= 11 is 0. The van der Waals surface area contributed by atoms with E-state index in [1.165, 1.54) is 0 Å². The predicted octanol–water partition coefficient (Wildman–Crippen LogP) is 2.88. The zero-order valence-corrected chi connectivity index (χ0v) is 14.4. The molecule has 3 N–H and O–H groups in total. The fraction of sp³-hybridized carbons (Fsp3) is 0.333. The summed E-state index contributed by atoms with van der Waals surface area (Å²) in [6.07, 6.45) is 0. The van der Waals surface area contributed by atoms with E-state index in [9.17, 15) is 4.57 Å². The average Bonchev–Trinajstić information content (AvgIpc) is 2.53. The molecule has 0 aliphatic heterocycles. The van der Waals surface area contributed by atoms with Crippen molar-refractivity contribution in [1.29, 1.82) is 0 Å². The Kier molecular flexibility index (Phi) is 5.23. The van der Waals surface area contributed by atoms with Crippen LogP contribution in [-0.4, -0.2) is 12.6 Å². The van der Waals surface area contributed by atoms with Crippen molar-refractivity contribution in [3.05, 3.63) is 60.7 Å². The van der Waals surface area contributed by atoms with Crippen LogP contribution in [0.3, 0.4) is 0 Å². The van der Waals surface area contributed by atoms with E-state index in [0.717, 1.165) is 10.6 Å². The average molecular weight is 316 g/mol. The lowest BCUT2D eigenvalue weighted by molar-refractivity contribution is 0.320. The molecule has 2 rings (SSSR count). The van der Waals surface area contributed by atoms with Gasteiger partial charge in [0.1, 0.15) is 0 Å². The zero-order chi connectivity index (χ0) is 16.2. The van der Waals surface area contributed by atoms with Gasteiger partial charge in [0.05, 0.1) is 0 Å². The Balaban J connectivity index is 2.34. The van der Waals surface area contributed by atoms with Crippen LogP contribution in [0, 0.1) is 5.41 Å². The SMILES string of the molecule is CC(C)(C)[C@H](N)CNP(=O)(c1ccccc1)c1ccccc1. The Morgan fingerprint density at radius 2 is 1.36 bits per heavy atom. The number of benzene rings is 2. The third-order valence-electron chi connectivity index (χ3n) is 3.89. The minimum absolute atomic E-state index is 0.0365. The van der Waals surface area contributed by atoms with Gasteiger partial charge in [0.15, 0.2) is 0 Å². The molecule has 3 nitrogen and oxygen atoms in total. The van der Waals surface area contributed by atoms with E-state index in [1.807, 2.05) is 60.7 Å². The second-order valence-electron chi connectivity index (χ2n) is 6.62. The molecule has 4 heteroatoms. The van der Waals surface area contributed by atoms with Gasteiger partial charge in [-0.05, 0) is 29.7 Å². The second kappa shape index (κ2) is 6.78. The molecule has 0 heterocycles. The van der Waals surface area contributed by atoms with Crippen LogP contribution in [0.4, 0.5) is 0 Å². The van der Waals surface area contributed by atoms with Crippen molar-refractivity contribution in [2.75, 3.05) is 6.54 Å². The fourth-order valence-electron chi connectivity index (χ4n) is 2.14. The molecule has 0 unspecified atom stereocenters. The molecule has 0 radical (unpaired) electrons. The molecule has 2 aromatic rings. The fourth-order valence-corrected chi connectivity index (χ4v) is 4.44. The molecule has 22 heavy (non-hydrogen) atoms. The van der Waals surface area contributed by atoms with Crippen LogP contribution in [0.2, 0.25) is 0 Å². The lowest BCUT2D eigenvalue weighted by Crippen LogP contribution is -2.44. The number of hydrogen-bond donors (Lipinski definition) is 2. The van der Waals surface area contributed by atoms with Crippen LogP contribution in [-0.2, 0) is 4.57 Å². The van der Waals surface area contributed by atoms with Crippen molar-refractivity contribution in [2.24, 2.45) is 11.1 Å². The van der Waals surface area contributed by atoms with Gasteiger partial charge < -0.3 is 5.73 Å². The van der Waals surface area contributed by atoms with Crippen LogP contribution in [0.1, 0.15) is 20.8 Å². The summed E-state index contributed by atoms with van der Waals surface area (Å²) in [5, 5.41) is 4.88. The van der Waals surface area contributed by atoms with Crippen molar-refractivity contribution < 1.29 is 4.57 Å². The molecule has 0 spiro atoms. The van der Waals surface area contributed by atoms with E-state index >= 15 is 0 Å². The van der Waals surface area contributed by atoms with Crippen molar-refractivity contribution in [2.45, 2.75) is 26.8 Å². The van der Waals surface area contributed by atoms with E-state index in [4.69, 9.17) is 5.73 Å². The minimum atomic E-state index is -2.88. The third kappa shape index (κ3) is 3.86. The maximum Gasteiger partial charge on any atom is 0.204 e. The molecule has 0 aliphatic rings. The van der Waals surface area contributed by atoms with Gasteiger partial charge in [-0.3, -0.25) is 9.65 Å². The highest BCUT2D eigenvalue weighted by molar-refractivity contribution is 7.76. The van der Waals surface area contributed by atoms with Crippen molar-refractivity contribution in [3.8, 4) is 0 Å². The maximum atomic E-state index is 13.7. The van der Waals surface area contributed by atoms with Crippen LogP contribution < -0.4 is 21.4 Å². The van der Waals surface area contributed by atoms with Gasteiger partial charge in [0.2, 0.25) is 7.29 Å². The first-order chi connectivity index (χ1) is 10.3. The van der Waals surface area contributed by atoms with Crippen LogP contribution >= 0.6 is 7.29 Å². The van der Waals surface area contributed by atoms with Gasteiger partial charge in [0.25, 0.3) is 0 Å². The quantitative estimate of drug-likeness (QED) is 0.834. The third-order valence-corrected chi connectivity index (χ3v) is 6.56. The Hall–Kier alpha value is -1.41. The molecular formula is C18H25N2OP. The van der Waals surface area contributed by atoms with E-state index in [0.29, 0.717) is 6.54 Å². The Labute approximate surface area is 133 Å². The first-order valence-electron chi connectivity index (χ1n) is 7.56. The minimum Gasteiger partial charge on any atom is -0.326 e. The first kappa shape index (κ1) is 17.0. The molecular weight excluding hydrogens is 291 g/mol. The molecule has 0 aromatic heterocycles. The van der Waals surface area contributed by atoms with E-state index in [2.05, 4.69) is 25.9 Å². The molecule has 0 bridgehead atoms. The Morgan fingerprint density at radius 3 is 1.73 bits per heavy atom. The number of rotatable bonds is 5. The number of nitrogens with one attached hydrogen (secondary N) is 1. The summed E-state index contributed by atoms with van der Waals surface area (Å²) in [6.45, 7) is 6.78. The highest BCUT2D eigenvalue weighted by Gasteiger charge is 2.29. The lowest BCUT2D eigenvalue weighted by Gasteiger charge is -2.29. The van der Waals surface area contributed by atoms with Gasteiger partial charge in [0, 0.05) is 23.2 Å². The normalized spacial score (nSPS) is 13.8. The summed E-state index contributed by atoms with van der Waals surface area (Å²) < 4.78 is 13.7. The van der Waals surface area contributed by atoms with Gasteiger partial charge in [-0.2, -0.15) is 0 Å². The largest absolute Gasteiger partial charge is 0.326 e. The smallest absolute Gasteiger partial charge is 0.204 e. The molecule has 0 saturated heterocycles. The number of hydrogen-bond acceptors (Lipinski definition) is 2. The van der Waals surface area contributed by atoms with Gasteiger partial charge in [-0.1, -0.05) is 57.2 Å². The maximum absolute atomic E-state index is 13.7. The predicted molar refractivity (Wildman–Crippen MR) is 95.2 cm³/mol.